The van der Waals surface area contributed by atoms with E-state index in [2.05, 4.69) is 77.0 Å². The Morgan fingerprint density at radius 1 is 0.667 bits per heavy atom. The quantitative estimate of drug-likeness (QED) is 0.329. The summed E-state index contributed by atoms with van der Waals surface area (Å²) < 4.78 is 2.19. The van der Waals surface area contributed by atoms with Gasteiger partial charge in [0.1, 0.15) is 0 Å². The number of hydrogen-bond acceptors (Lipinski definition) is 2. The van der Waals surface area contributed by atoms with E-state index in [0.717, 1.165) is 27.9 Å². The fourth-order valence-corrected chi connectivity index (χ4v) is 3.60. The van der Waals surface area contributed by atoms with Crippen molar-refractivity contribution in [2.24, 2.45) is 0 Å². The number of benzene rings is 3. The van der Waals surface area contributed by atoms with Gasteiger partial charge in [0.15, 0.2) is 11.5 Å². The van der Waals surface area contributed by atoms with Crippen LogP contribution in [0.25, 0.3) is 38.7 Å². The standard InChI is InChI=1S/C22H17N3.C2H6/c1-14-8-10-17-18-12-15(2)9-11-20(18)25-21(16-6-4-3-5-7-16)23-24-22(25)19(17)13-14;1-2/h3-13H,1-2H3;1-2H3. The van der Waals surface area contributed by atoms with Crippen molar-refractivity contribution in [1.29, 1.82) is 0 Å². The highest BCUT2D eigenvalue weighted by atomic mass is 15.2. The van der Waals surface area contributed by atoms with Crippen LogP contribution >= 0.6 is 0 Å². The highest BCUT2D eigenvalue weighted by molar-refractivity contribution is 6.12. The summed E-state index contributed by atoms with van der Waals surface area (Å²) in [4.78, 5) is 0. The molecule has 27 heavy (non-hydrogen) atoms. The topological polar surface area (TPSA) is 30.2 Å². The molecule has 0 saturated heterocycles. The Morgan fingerprint density at radius 3 is 2.07 bits per heavy atom. The van der Waals surface area contributed by atoms with Gasteiger partial charge in [0.05, 0.1) is 5.52 Å². The predicted octanol–water partition coefficient (Wildman–Crippen LogP) is 6.35. The van der Waals surface area contributed by atoms with E-state index in [9.17, 15) is 0 Å². The minimum atomic E-state index is 0.882. The summed E-state index contributed by atoms with van der Waals surface area (Å²) in [6.45, 7) is 8.25. The van der Waals surface area contributed by atoms with Crippen LogP contribution in [0.4, 0.5) is 0 Å². The first-order valence-electron chi connectivity index (χ1n) is 9.45. The van der Waals surface area contributed by atoms with Gasteiger partial charge in [-0.3, -0.25) is 4.40 Å². The van der Waals surface area contributed by atoms with Crippen molar-refractivity contribution in [2.45, 2.75) is 27.7 Å². The first-order chi connectivity index (χ1) is 13.2. The summed E-state index contributed by atoms with van der Waals surface area (Å²) in [6.07, 6.45) is 0. The van der Waals surface area contributed by atoms with E-state index in [-0.39, 0.29) is 0 Å². The van der Waals surface area contributed by atoms with Crippen molar-refractivity contribution < 1.29 is 0 Å². The zero-order valence-electron chi connectivity index (χ0n) is 16.2. The van der Waals surface area contributed by atoms with Crippen LogP contribution in [0, 0.1) is 13.8 Å². The van der Waals surface area contributed by atoms with Gasteiger partial charge < -0.3 is 0 Å². The van der Waals surface area contributed by atoms with Gasteiger partial charge in [-0.05, 0) is 37.4 Å². The first kappa shape index (κ1) is 17.2. The molecule has 0 unspecified atom stereocenters. The Hall–Kier alpha value is -3.20. The lowest BCUT2D eigenvalue weighted by Gasteiger charge is -2.11. The van der Waals surface area contributed by atoms with Gasteiger partial charge in [-0.25, -0.2) is 0 Å². The Morgan fingerprint density at radius 2 is 1.33 bits per heavy atom. The molecule has 0 aliphatic carbocycles. The van der Waals surface area contributed by atoms with E-state index in [0.29, 0.717) is 0 Å². The molecule has 0 atom stereocenters. The number of nitrogens with zero attached hydrogens (tertiary/aromatic N) is 3. The molecule has 0 radical (unpaired) electrons. The van der Waals surface area contributed by atoms with Crippen molar-refractivity contribution in [3.63, 3.8) is 0 Å². The molecular weight excluding hydrogens is 330 g/mol. The maximum atomic E-state index is 4.55. The van der Waals surface area contributed by atoms with Crippen LogP contribution in [0.1, 0.15) is 25.0 Å². The van der Waals surface area contributed by atoms with Gasteiger partial charge in [0.2, 0.25) is 0 Å². The molecule has 0 bridgehead atoms. The lowest BCUT2D eigenvalue weighted by atomic mass is 10.0. The van der Waals surface area contributed by atoms with Crippen LogP contribution in [0.2, 0.25) is 0 Å². The summed E-state index contributed by atoms with van der Waals surface area (Å²) in [5.41, 5.74) is 5.60. The summed E-state index contributed by atoms with van der Waals surface area (Å²) in [6, 6.07) is 23.4. The molecule has 0 amide bonds. The fourth-order valence-electron chi connectivity index (χ4n) is 3.60. The molecule has 2 aromatic heterocycles. The largest absolute Gasteiger partial charge is 0.274 e. The molecule has 3 heteroatoms. The smallest absolute Gasteiger partial charge is 0.169 e. The second-order valence-electron chi connectivity index (χ2n) is 6.62. The molecule has 0 aliphatic heterocycles. The van der Waals surface area contributed by atoms with E-state index >= 15 is 0 Å². The second-order valence-corrected chi connectivity index (χ2v) is 6.62. The molecule has 3 nitrogen and oxygen atoms in total. The summed E-state index contributed by atoms with van der Waals surface area (Å²) in [5.74, 6) is 0.882. The van der Waals surface area contributed by atoms with Gasteiger partial charge in [-0.1, -0.05) is 73.5 Å². The highest BCUT2D eigenvalue weighted by Crippen LogP contribution is 2.32. The van der Waals surface area contributed by atoms with Crippen molar-refractivity contribution in [2.75, 3.05) is 0 Å². The van der Waals surface area contributed by atoms with Crippen LogP contribution in [-0.2, 0) is 0 Å². The maximum absolute atomic E-state index is 4.55. The van der Waals surface area contributed by atoms with Crippen molar-refractivity contribution in [3.8, 4) is 11.4 Å². The first-order valence-corrected chi connectivity index (χ1v) is 9.45. The zero-order valence-corrected chi connectivity index (χ0v) is 16.2. The average Bonchev–Trinajstić information content (AvgIpc) is 3.15. The van der Waals surface area contributed by atoms with Crippen molar-refractivity contribution in [1.82, 2.24) is 14.6 Å². The third kappa shape index (κ3) is 2.76. The highest BCUT2D eigenvalue weighted by Gasteiger charge is 2.15. The number of rotatable bonds is 1. The zero-order chi connectivity index (χ0) is 19.0. The van der Waals surface area contributed by atoms with Crippen LogP contribution < -0.4 is 0 Å². The molecule has 0 aliphatic rings. The Bertz CT molecular complexity index is 1250. The predicted molar refractivity (Wildman–Crippen MR) is 114 cm³/mol. The second kappa shape index (κ2) is 6.84. The number of fused-ring (bicyclic) bond motifs is 6. The molecule has 5 aromatic rings. The minimum Gasteiger partial charge on any atom is -0.274 e. The van der Waals surface area contributed by atoms with E-state index < -0.39 is 0 Å². The van der Waals surface area contributed by atoms with E-state index in [1.165, 1.54) is 21.9 Å². The lowest BCUT2D eigenvalue weighted by Crippen LogP contribution is -1.95. The molecule has 3 aromatic carbocycles. The molecule has 0 spiro atoms. The monoisotopic (exact) mass is 353 g/mol. The summed E-state index contributed by atoms with van der Waals surface area (Å²) in [7, 11) is 0. The van der Waals surface area contributed by atoms with Gasteiger partial charge >= 0.3 is 0 Å². The molecule has 2 heterocycles. The Kier molecular flexibility index (Phi) is 4.36. The molecule has 0 N–H and O–H groups in total. The number of aryl methyl sites for hydroxylation is 2. The summed E-state index contributed by atoms with van der Waals surface area (Å²) >= 11 is 0. The lowest BCUT2D eigenvalue weighted by molar-refractivity contribution is 1.12. The van der Waals surface area contributed by atoms with Gasteiger partial charge in [-0.15, -0.1) is 10.2 Å². The summed E-state index contributed by atoms with van der Waals surface area (Å²) in [5, 5.41) is 12.7. The van der Waals surface area contributed by atoms with Crippen LogP contribution in [0.15, 0.2) is 66.7 Å². The van der Waals surface area contributed by atoms with Gasteiger partial charge in [-0.2, -0.15) is 0 Å². The molecule has 134 valence electrons. The van der Waals surface area contributed by atoms with Gasteiger partial charge in [0, 0.05) is 16.3 Å². The third-order valence-electron chi connectivity index (χ3n) is 4.79. The minimum absolute atomic E-state index is 0.882. The SMILES string of the molecule is CC.Cc1ccc2c(c1)c1ccc(C)cc1c1nnc(-c3ccccc3)n21. The average molecular weight is 353 g/mol. The molecule has 0 fully saturated rings. The number of pyridine rings is 1. The molecular formula is C24H23N3. The maximum Gasteiger partial charge on any atom is 0.169 e. The van der Waals surface area contributed by atoms with E-state index in [1.807, 2.05) is 32.0 Å². The van der Waals surface area contributed by atoms with Crippen molar-refractivity contribution >= 4 is 27.3 Å². The third-order valence-corrected chi connectivity index (χ3v) is 4.79. The van der Waals surface area contributed by atoms with E-state index in [4.69, 9.17) is 0 Å². The molecule has 0 saturated carbocycles. The molecule has 5 rings (SSSR count). The van der Waals surface area contributed by atoms with Gasteiger partial charge in [0.25, 0.3) is 0 Å². The number of aromatic nitrogens is 3. The van der Waals surface area contributed by atoms with Crippen LogP contribution in [0.3, 0.4) is 0 Å². The normalized spacial score (nSPS) is 11.0. The number of hydrogen-bond donors (Lipinski definition) is 0. The fraction of sp³-hybridized carbons (Fsp3) is 0.167. The van der Waals surface area contributed by atoms with Crippen LogP contribution in [-0.4, -0.2) is 14.6 Å². The van der Waals surface area contributed by atoms with E-state index in [1.54, 1.807) is 0 Å². The Balaban J connectivity index is 0.000000872. The Labute approximate surface area is 159 Å². The van der Waals surface area contributed by atoms with Crippen molar-refractivity contribution in [3.05, 3.63) is 77.9 Å². The van der Waals surface area contributed by atoms with Crippen LogP contribution in [0.5, 0.6) is 0 Å².